The molecule has 0 aromatic carbocycles. The summed E-state index contributed by atoms with van der Waals surface area (Å²) in [7, 11) is 0. The van der Waals surface area contributed by atoms with E-state index in [1.165, 1.54) is 4.90 Å². The minimum Gasteiger partial charge on any atom is -0.376 e. The highest BCUT2D eigenvalue weighted by Gasteiger charge is 2.33. The standard InChI is InChI=1S/C13H21F3N2O2/c14-13(15,16)9-18-5-3-10(4-6-18)12(19)17-8-11-2-1-7-20-11/h10-11H,1-9H2,(H,17,19). The van der Waals surface area contributed by atoms with Gasteiger partial charge in [-0.05, 0) is 38.8 Å². The van der Waals surface area contributed by atoms with Gasteiger partial charge >= 0.3 is 6.18 Å². The van der Waals surface area contributed by atoms with E-state index < -0.39 is 12.7 Å². The van der Waals surface area contributed by atoms with Crippen molar-refractivity contribution >= 4 is 5.91 Å². The van der Waals surface area contributed by atoms with E-state index >= 15 is 0 Å². The smallest absolute Gasteiger partial charge is 0.376 e. The van der Waals surface area contributed by atoms with Gasteiger partial charge in [-0.1, -0.05) is 0 Å². The molecule has 1 N–H and O–H groups in total. The largest absolute Gasteiger partial charge is 0.401 e. The second-order valence-corrected chi connectivity index (χ2v) is 5.55. The van der Waals surface area contributed by atoms with Crippen LogP contribution in [0.2, 0.25) is 0 Å². The number of hydrogen-bond acceptors (Lipinski definition) is 3. The molecule has 2 aliphatic rings. The number of carbonyl (C=O) groups excluding carboxylic acids is 1. The summed E-state index contributed by atoms with van der Waals surface area (Å²) in [5, 5.41) is 2.85. The van der Waals surface area contributed by atoms with Crippen LogP contribution in [0.5, 0.6) is 0 Å². The van der Waals surface area contributed by atoms with Gasteiger partial charge in [0.2, 0.25) is 5.91 Å². The molecule has 0 aromatic heterocycles. The highest BCUT2D eigenvalue weighted by molar-refractivity contribution is 5.78. The minimum atomic E-state index is -4.16. The van der Waals surface area contributed by atoms with Crippen molar-refractivity contribution in [2.24, 2.45) is 5.92 Å². The van der Waals surface area contributed by atoms with E-state index in [1.807, 2.05) is 0 Å². The van der Waals surface area contributed by atoms with E-state index in [4.69, 9.17) is 4.74 Å². The lowest BCUT2D eigenvalue weighted by atomic mass is 9.96. The summed E-state index contributed by atoms with van der Waals surface area (Å²) in [6.07, 6.45) is -1.08. The van der Waals surface area contributed by atoms with Crippen molar-refractivity contribution < 1.29 is 22.7 Å². The quantitative estimate of drug-likeness (QED) is 0.855. The number of nitrogens with one attached hydrogen (secondary N) is 1. The van der Waals surface area contributed by atoms with Crippen LogP contribution in [0, 0.1) is 5.92 Å². The average Bonchev–Trinajstić information content (AvgIpc) is 2.88. The van der Waals surface area contributed by atoms with Gasteiger partial charge in [0.1, 0.15) is 0 Å². The first-order chi connectivity index (χ1) is 9.44. The van der Waals surface area contributed by atoms with Crippen LogP contribution in [0.1, 0.15) is 25.7 Å². The van der Waals surface area contributed by atoms with Gasteiger partial charge in [0.15, 0.2) is 0 Å². The molecule has 1 unspecified atom stereocenters. The zero-order chi connectivity index (χ0) is 14.6. The summed E-state index contributed by atoms with van der Waals surface area (Å²) in [5.74, 6) is -0.215. The number of nitrogens with zero attached hydrogens (tertiary/aromatic N) is 1. The molecule has 2 heterocycles. The van der Waals surface area contributed by atoms with Crippen LogP contribution >= 0.6 is 0 Å². The summed E-state index contributed by atoms with van der Waals surface area (Å²) >= 11 is 0. The van der Waals surface area contributed by atoms with Gasteiger partial charge in [-0.15, -0.1) is 0 Å². The van der Waals surface area contributed by atoms with Crippen molar-refractivity contribution in [3.05, 3.63) is 0 Å². The molecule has 20 heavy (non-hydrogen) atoms. The van der Waals surface area contributed by atoms with Gasteiger partial charge < -0.3 is 10.1 Å². The number of carbonyl (C=O) groups is 1. The zero-order valence-electron chi connectivity index (χ0n) is 11.4. The Labute approximate surface area is 116 Å². The molecule has 1 atom stereocenters. The molecule has 2 rings (SSSR count). The Hall–Kier alpha value is -0.820. The SMILES string of the molecule is O=C(NCC1CCCO1)C1CCN(CC(F)(F)F)CC1. The van der Waals surface area contributed by atoms with Crippen molar-refractivity contribution in [1.82, 2.24) is 10.2 Å². The second kappa shape index (κ2) is 6.76. The normalized spacial score (nSPS) is 25.9. The molecule has 116 valence electrons. The van der Waals surface area contributed by atoms with E-state index in [1.54, 1.807) is 0 Å². The number of amides is 1. The lowest BCUT2D eigenvalue weighted by Crippen LogP contribution is -2.44. The monoisotopic (exact) mass is 294 g/mol. The fourth-order valence-corrected chi connectivity index (χ4v) is 2.77. The molecule has 2 fully saturated rings. The van der Waals surface area contributed by atoms with Gasteiger partial charge in [0, 0.05) is 19.1 Å². The molecule has 2 aliphatic heterocycles. The van der Waals surface area contributed by atoms with E-state index in [0.717, 1.165) is 19.4 Å². The number of alkyl halides is 3. The number of piperidine rings is 1. The lowest BCUT2D eigenvalue weighted by molar-refractivity contribution is -0.149. The Morgan fingerprint density at radius 3 is 2.50 bits per heavy atom. The third-order valence-corrected chi connectivity index (χ3v) is 3.89. The predicted octanol–water partition coefficient (Wildman–Crippen LogP) is 1.56. The highest BCUT2D eigenvalue weighted by Crippen LogP contribution is 2.22. The maximum Gasteiger partial charge on any atom is 0.401 e. The molecule has 0 bridgehead atoms. The third kappa shape index (κ3) is 4.94. The minimum absolute atomic E-state index is 0.0489. The van der Waals surface area contributed by atoms with Gasteiger partial charge in [-0.25, -0.2) is 0 Å². The van der Waals surface area contributed by atoms with Crippen molar-refractivity contribution in [2.45, 2.75) is 38.0 Å². The maximum atomic E-state index is 12.3. The van der Waals surface area contributed by atoms with Crippen LogP contribution in [0.3, 0.4) is 0 Å². The molecule has 1 amide bonds. The number of hydrogen-bond donors (Lipinski definition) is 1. The third-order valence-electron chi connectivity index (χ3n) is 3.89. The van der Waals surface area contributed by atoms with Crippen molar-refractivity contribution in [3.63, 3.8) is 0 Å². The molecular formula is C13H21F3N2O2. The number of likely N-dealkylation sites (tertiary alicyclic amines) is 1. The van der Waals surface area contributed by atoms with Crippen LogP contribution in [-0.4, -0.2) is 55.9 Å². The molecule has 7 heteroatoms. The molecule has 4 nitrogen and oxygen atoms in total. The number of ether oxygens (including phenoxy) is 1. The van der Waals surface area contributed by atoms with Crippen LogP contribution in [0.15, 0.2) is 0 Å². The summed E-state index contributed by atoms with van der Waals surface area (Å²) in [4.78, 5) is 13.3. The van der Waals surface area contributed by atoms with Gasteiger partial charge in [0.05, 0.1) is 12.6 Å². The highest BCUT2D eigenvalue weighted by atomic mass is 19.4. The lowest BCUT2D eigenvalue weighted by Gasteiger charge is -2.31. The van der Waals surface area contributed by atoms with Crippen molar-refractivity contribution in [2.75, 3.05) is 32.8 Å². The van der Waals surface area contributed by atoms with Crippen LogP contribution in [0.25, 0.3) is 0 Å². The van der Waals surface area contributed by atoms with Crippen molar-refractivity contribution in [1.29, 1.82) is 0 Å². The molecule has 0 spiro atoms. The van der Waals surface area contributed by atoms with E-state index in [0.29, 0.717) is 32.5 Å². The first-order valence-electron chi connectivity index (χ1n) is 7.12. The molecule has 0 aromatic rings. The fraction of sp³-hybridized carbons (Fsp3) is 0.923. The number of rotatable bonds is 4. The Kier molecular flexibility index (Phi) is 5.26. The van der Waals surface area contributed by atoms with Crippen LogP contribution < -0.4 is 5.32 Å². The molecule has 0 radical (unpaired) electrons. The number of halogens is 3. The van der Waals surface area contributed by atoms with E-state index in [9.17, 15) is 18.0 Å². The Balaban J connectivity index is 1.66. The average molecular weight is 294 g/mol. The topological polar surface area (TPSA) is 41.6 Å². The van der Waals surface area contributed by atoms with Crippen molar-refractivity contribution in [3.8, 4) is 0 Å². The van der Waals surface area contributed by atoms with Gasteiger partial charge in [-0.3, -0.25) is 9.69 Å². The predicted molar refractivity (Wildman–Crippen MR) is 67.2 cm³/mol. The first-order valence-corrected chi connectivity index (χ1v) is 7.12. The molecule has 0 aliphatic carbocycles. The molecular weight excluding hydrogens is 273 g/mol. The van der Waals surface area contributed by atoms with Gasteiger partial charge in [-0.2, -0.15) is 13.2 Å². The first kappa shape index (κ1) is 15.6. The van der Waals surface area contributed by atoms with E-state index in [2.05, 4.69) is 5.32 Å². The summed E-state index contributed by atoms with van der Waals surface area (Å²) in [5.41, 5.74) is 0. The zero-order valence-corrected chi connectivity index (χ0v) is 11.4. The van der Waals surface area contributed by atoms with Crippen LogP contribution in [0.4, 0.5) is 13.2 Å². The van der Waals surface area contributed by atoms with Crippen LogP contribution in [-0.2, 0) is 9.53 Å². The summed E-state index contributed by atoms with van der Waals surface area (Å²) in [6, 6.07) is 0. The Morgan fingerprint density at radius 2 is 1.95 bits per heavy atom. The Bertz CT molecular complexity index is 322. The van der Waals surface area contributed by atoms with E-state index in [-0.39, 0.29) is 17.9 Å². The summed E-state index contributed by atoms with van der Waals surface area (Å²) < 4.78 is 42.2. The van der Waals surface area contributed by atoms with Gasteiger partial charge in [0.25, 0.3) is 0 Å². The maximum absolute atomic E-state index is 12.3. The molecule has 2 saturated heterocycles. The fourth-order valence-electron chi connectivity index (χ4n) is 2.77. The Morgan fingerprint density at radius 1 is 1.25 bits per heavy atom. The summed E-state index contributed by atoms with van der Waals surface area (Å²) in [6.45, 7) is 1.05. The molecule has 0 saturated carbocycles. The second-order valence-electron chi connectivity index (χ2n) is 5.55.